The van der Waals surface area contributed by atoms with Crippen LogP contribution in [0, 0.1) is 0 Å². The van der Waals surface area contributed by atoms with Gasteiger partial charge < -0.3 is 14.5 Å². The largest absolute Gasteiger partial charge is 0.457 e. The van der Waals surface area contributed by atoms with Crippen LogP contribution in [-0.4, -0.2) is 47.0 Å². The third-order valence-electron chi connectivity index (χ3n) is 5.59. The van der Waals surface area contributed by atoms with Crippen molar-refractivity contribution in [3.05, 3.63) is 77.4 Å². The first kappa shape index (κ1) is 22.1. The molecule has 0 aliphatic carbocycles. The molecule has 0 saturated carbocycles. The minimum Gasteiger partial charge on any atom is -0.457 e. The number of fused-ring (bicyclic) bond motifs is 1. The summed E-state index contributed by atoms with van der Waals surface area (Å²) in [4.78, 5) is 26.6. The Morgan fingerprint density at radius 3 is 2.44 bits per heavy atom. The molecule has 1 aliphatic rings. The first-order chi connectivity index (χ1) is 16.4. The van der Waals surface area contributed by atoms with E-state index < -0.39 is 11.7 Å². The van der Waals surface area contributed by atoms with E-state index in [4.69, 9.17) is 4.74 Å². The van der Waals surface area contributed by atoms with Crippen LogP contribution in [0.1, 0.15) is 15.9 Å². The van der Waals surface area contributed by atoms with E-state index in [-0.39, 0.29) is 11.7 Å². The Kier molecular flexibility index (Phi) is 5.82. The smallest absolute Gasteiger partial charge is 0.416 e. The van der Waals surface area contributed by atoms with E-state index in [9.17, 15) is 18.0 Å². The Morgan fingerprint density at radius 2 is 1.68 bits per heavy atom. The molecule has 0 radical (unpaired) electrons. The van der Waals surface area contributed by atoms with Crippen molar-refractivity contribution in [3.8, 4) is 11.5 Å². The molecule has 3 heterocycles. The van der Waals surface area contributed by atoms with E-state index in [0.717, 1.165) is 28.2 Å². The summed E-state index contributed by atoms with van der Waals surface area (Å²) in [5.74, 6) is 1.06. The van der Waals surface area contributed by atoms with Gasteiger partial charge in [-0.2, -0.15) is 13.2 Å². The van der Waals surface area contributed by atoms with Gasteiger partial charge in [-0.3, -0.25) is 4.79 Å². The molecule has 6 nitrogen and oxygen atoms in total. The number of thiophene rings is 1. The van der Waals surface area contributed by atoms with Gasteiger partial charge in [0.15, 0.2) is 0 Å². The molecular formula is C24H19F3N4O2S. The van der Waals surface area contributed by atoms with Gasteiger partial charge >= 0.3 is 6.18 Å². The zero-order valence-corrected chi connectivity index (χ0v) is 18.6. The van der Waals surface area contributed by atoms with Crippen LogP contribution >= 0.6 is 11.3 Å². The van der Waals surface area contributed by atoms with Crippen LogP contribution in [-0.2, 0) is 6.18 Å². The number of carbonyl (C=O) groups is 1. The van der Waals surface area contributed by atoms with Crippen molar-refractivity contribution in [3.63, 3.8) is 0 Å². The van der Waals surface area contributed by atoms with Crippen molar-refractivity contribution in [2.75, 3.05) is 31.1 Å². The fourth-order valence-corrected chi connectivity index (χ4v) is 4.62. The highest BCUT2D eigenvalue weighted by Crippen LogP contribution is 2.33. The van der Waals surface area contributed by atoms with Gasteiger partial charge in [-0.25, -0.2) is 9.97 Å². The van der Waals surface area contributed by atoms with E-state index in [1.807, 2.05) is 11.4 Å². The number of hydrogen-bond donors (Lipinski definition) is 0. The Bertz CT molecular complexity index is 1330. The highest BCUT2D eigenvalue weighted by atomic mass is 32.1. The average Bonchev–Trinajstić information content (AvgIpc) is 3.33. The van der Waals surface area contributed by atoms with Crippen molar-refractivity contribution in [2.24, 2.45) is 0 Å². The van der Waals surface area contributed by atoms with Gasteiger partial charge in [-0.15, -0.1) is 11.3 Å². The number of aromatic nitrogens is 2. The predicted octanol–water partition coefficient (Wildman–Crippen LogP) is 5.46. The maximum absolute atomic E-state index is 13.1. The molecule has 2 aromatic carbocycles. The predicted molar refractivity (Wildman–Crippen MR) is 123 cm³/mol. The maximum Gasteiger partial charge on any atom is 0.416 e. The summed E-state index contributed by atoms with van der Waals surface area (Å²) >= 11 is 1.56. The molecule has 1 saturated heterocycles. The number of nitrogens with zero attached hydrogens (tertiary/aromatic N) is 4. The summed E-state index contributed by atoms with van der Waals surface area (Å²) in [6.07, 6.45) is -2.90. The molecule has 0 unspecified atom stereocenters. The first-order valence-electron chi connectivity index (χ1n) is 10.6. The number of carbonyl (C=O) groups excluding carboxylic acids is 1. The highest BCUT2D eigenvalue weighted by Gasteiger charge is 2.30. The molecule has 5 rings (SSSR count). The van der Waals surface area contributed by atoms with Gasteiger partial charge in [-0.05, 0) is 47.8 Å². The quantitative estimate of drug-likeness (QED) is 0.385. The van der Waals surface area contributed by atoms with Crippen LogP contribution in [0.5, 0.6) is 11.5 Å². The van der Waals surface area contributed by atoms with E-state index in [2.05, 4.69) is 14.9 Å². The normalized spacial score (nSPS) is 14.4. The summed E-state index contributed by atoms with van der Waals surface area (Å²) in [5, 5.41) is 2.99. The van der Waals surface area contributed by atoms with Crippen molar-refractivity contribution >= 4 is 33.3 Å². The van der Waals surface area contributed by atoms with E-state index >= 15 is 0 Å². The third-order valence-corrected chi connectivity index (χ3v) is 6.41. The molecule has 0 atom stereocenters. The Balaban J connectivity index is 1.26. The molecule has 2 aromatic heterocycles. The molecule has 1 amide bonds. The van der Waals surface area contributed by atoms with Crippen molar-refractivity contribution < 1.29 is 22.7 Å². The lowest BCUT2D eigenvalue weighted by atomic mass is 10.1. The molecule has 0 spiro atoms. The fourth-order valence-electron chi connectivity index (χ4n) is 3.90. The van der Waals surface area contributed by atoms with E-state index in [0.29, 0.717) is 37.5 Å². The van der Waals surface area contributed by atoms with Crippen molar-refractivity contribution in [2.45, 2.75) is 6.18 Å². The molecule has 1 aliphatic heterocycles. The van der Waals surface area contributed by atoms with Gasteiger partial charge in [-0.1, -0.05) is 12.1 Å². The minimum absolute atomic E-state index is 0.0534. The zero-order chi connectivity index (χ0) is 23.7. The zero-order valence-electron chi connectivity index (χ0n) is 17.8. The SMILES string of the molecule is O=C(c1cccc(Oc2cccc(C(F)(F)F)c2)c1)N1CCN(c2ncnc3sccc23)CC1. The number of piperazine rings is 1. The van der Waals surface area contributed by atoms with E-state index in [1.165, 1.54) is 12.1 Å². The van der Waals surface area contributed by atoms with E-state index in [1.54, 1.807) is 46.8 Å². The number of alkyl halides is 3. The van der Waals surface area contributed by atoms with Crippen LogP contribution in [0.25, 0.3) is 10.2 Å². The summed E-state index contributed by atoms with van der Waals surface area (Å²) in [6.45, 7) is 2.31. The lowest BCUT2D eigenvalue weighted by Crippen LogP contribution is -2.49. The van der Waals surface area contributed by atoms with Crippen LogP contribution in [0.15, 0.2) is 66.3 Å². The Labute approximate surface area is 197 Å². The third kappa shape index (κ3) is 4.54. The summed E-state index contributed by atoms with van der Waals surface area (Å²) < 4.78 is 44.5. The second kappa shape index (κ2) is 8.94. The first-order valence-corrected chi connectivity index (χ1v) is 11.4. The Morgan fingerprint density at radius 1 is 0.941 bits per heavy atom. The van der Waals surface area contributed by atoms with Gasteiger partial charge in [0, 0.05) is 31.7 Å². The monoisotopic (exact) mass is 484 g/mol. The van der Waals surface area contributed by atoms with Crippen LogP contribution < -0.4 is 9.64 Å². The van der Waals surface area contributed by atoms with Crippen LogP contribution in [0.4, 0.5) is 19.0 Å². The second-order valence-electron chi connectivity index (χ2n) is 7.77. The summed E-state index contributed by atoms with van der Waals surface area (Å²) in [5.41, 5.74) is -0.376. The van der Waals surface area contributed by atoms with Crippen molar-refractivity contribution in [1.82, 2.24) is 14.9 Å². The van der Waals surface area contributed by atoms with Gasteiger partial charge in [0.05, 0.1) is 10.9 Å². The Hall–Kier alpha value is -3.66. The molecular weight excluding hydrogens is 465 g/mol. The lowest BCUT2D eigenvalue weighted by Gasteiger charge is -2.35. The summed E-state index contributed by atoms with van der Waals surface area (Å²) in [7, 11) is 0. The maximum atomic E-state index is 13.1. The highest BCUT2D eigenvalue weighted by molar-refractivity contribution is 7.16. The molecule has 0 bridgehead atoms. The second-order valence-corrected chi connectivity index (χ2v) is 8.67. The lowest BCUT2D eigenvalue weighted by molar-refractivity contribution is -0.137. The number of hydrogen-bond acceptors (Lipinski definition) is 6. The summed E-state index contributed by atoms with van der Waals surface area (Å²) in [6, 6.07) is 13.1. The van der Waals surface area contributed by atoms with Crippen LogP contribution in [0.3, 0.4) is 0 Å². The minimum atomic E-state index is -4.46. The molecule has 174 valence electrons. The molecule has 1 fully saturated rings. The molecule has 34 heavy (non-hydrogen) atoms. The standard InChI is InChI=1S/C24H19F3N4O2S/c25-24(26,27)17-4-2-6-19(14-17)33-18-5-1-3-16(13-18)23(32)31-10-8-30(9-11-31)21-20-7-12-34-22(20)29-15-28-21/h1-7,12-15H,8-11H2. The number of rotatable bonds is 4. The van der Waals surface area contributed by atoms with Crippen LogP contribution in [0.2, 0.25) is 0 Å². The molecule has 10 heteroatoms. The van der Waals surface area contributed by atoms with Crippen molar-refractivity contribution in [1.29, 1.82) is 0 Å². The fraction of sp³-hybridized carbons (Fsp3) is 0.208. The number of halogens is 3. The van der Waals surface area contributed by atoms with Gasteiger partial charge in [0.1, 0.15) is 28.5 Å². The number of anilines is 1. The van der Waals surface area contributed by atoms with Gasteiger partial charge in [0.2, 0.25) is 0 Å². The number of ether oxygens (including phenoxy) is 1. The topological polar surface area (TPSA) is 58.6 Å². The van der Waals surface area contributed by atoms with Gasteiger partial charge in [0.25, 0.3) is 5.91 Å². The average molecular weight is 485 g/mol. The number of amides is 1. The molecule has 0 N–H and O–H groups in total. The molecule has 4 aromatic rings. The number of benzene rings is 2.